The lowest BCUT2D eigenvalue weighted by molar-refractivity contribution is 0.0888. The first-order chi connectivity index (χ1) is 16.0. The number of tetrazole rings is 1. The van der Waals surface area contributed by atoms with Gasteiger partial charge in [-0.25, -0.2) is 4.68 Å². The van der Waals surface area contributed by atoms with Gasteiger partial charge in [0.15, 0.2) is 5.82 Å². The van der Waals surface area contributed by atoms with Crippen molar-refractivity contribution in [2.45, 2.75) is 71.7 Å². The van der Waals surface area contributed by atoms with Crippen molar-refractivity contribution in [3.8, 4) is 0 Å². The van der Waals surface area contributed by atoms with E-state index in [1.807, 2.05) is 17.7 Å². The minimum Gasteiger partial charge on any atom is -0.396 e. The summed E-state index contributed by atoms with van der Waals surface area (Å²) in [5.74, 6) is 0.773. The van der Waals surface area contributed by atoms with E-state index in [9.17, 15) is 9.90 Å². The molecule has 0 radical (unpaired) electrons. The number of aliphatic hydroxyl groups is 1. The summed E-state index contributed by atoms with van der Waals surface area (Å²) in [7, 11) is 0. The second kappa shape index (κ2) is 10.5. The molecule has 0 spiro atoms. The van der Waals surface area contributed by atoms with Crippen LogP contribution in [0.25, 0.3) is 10.9 Å². The second-order valence-corrected chi connectivity index (χ2v) is 9.00. The van der Waals surface area contributed by atoms with Gasteiger partial charge in [0, 0.05) is 31.9 Å². The topological polar surface area (TPSA) is 109 Å². The average Bonchev–Trinajstić information content (AvgIpc) is 3.46. The third-order valence-electron chi connectivity index (χ3n) is 6.43. The number of hydrogen-bond acceptors (Lipinski definition) is 7. The number of nitrogens with zero attached hydrogens (tertiary/aromatic N) is 5. The van der Waals surface area contributed by atoms with Crippen LogP contribution < -0.4 is 5.56 Å². The smallest absolute Gasteiger partial charge is 0.252 e. The Balaban J connectivity index is 1.65. The monoisotopic (exact) mass is 454 g/mol. The minimum absolute atomic E-state index is 0.0812. The molecule has 4 rings (SSSR count). The number of ether oxygens (including phenoxy) is 1. The third kappa shape index (κ3) is 5.31. The van der Waals surface area contributed by atoms with Crippen LogP contribution in [0.4, 0.5) is 0 Å². The Hall–Kier alpha value is -2.62. The second-order valence-electron chi connectivity index (χ2n) is 9.00. The van der Waals surface area contributed by atoms with E-state index in [1.54, 1.807) is 0 Å². The lowest BCUT2D eigenvalue weighted by Crippen LogP contribution is -2.34. The molecule has 0 amide bonds. The first-order valence-electron chi connectivity index (χ1n) is 11.9. The number of rotatable bonds is 10. The van der Waals surface area contributed by atoms with Gasteiger partial charge in [0.1, 0.15) is 0 Å². The molecular formula is C24H34N6O3. The fourth-order valence-corrected chi connectivity index (χ4v) is 4.85. The zero-order chi connectivity index (χ0) is 23.4. The molecule has 1 aliphatic rings. The summed E-state index contributed by atoms with van der Waals surface area (Å²) in [5.41, 5.74) is 3.71. The van der Waals surface area contributed by atoms with Gasteiger partial charge >= 0.3 is 0 Å². The van der Waals surface area contributed by atoms with Gasteiger partial charge in [0.2, 0.25) is 0 Å². The van der Waals surface area contributed by atoms with Crippen molar-refractivity contribution in [2.24, 2.45) is 0 Å². The molecule has 1 saturated heterocycles. The van der Waals surface area contributed by atoms with Crippen LogP contribution in [0.5, 0.6) is 0 Å². The summed E-state index contributed by atoms with van der Waals surface area (Å²) >= 11 is 0. The molecule has 3 heterocycles. The number of benzene rings is 1. The van der Waals surface area contributed by atoms with Gasteiger partial charge < -0.3 is 14.8 Å². The highest BCUT2D eigenvalue weighted by molar-refractivity contribution is 5.82. The van der Waals surface area contributed by atoms with Crippen LogP contribution in [0, 0.1) is 13.8 Å². The maximum Gasteiger partial charge on any atom is 0.252 e. The highest BCUT2D eigenvalue weighted by Gasteiger charge is 2.27. The van der Waals surface area contributed by atoms with Crippen molar-refractivity contribution in [2.75, 3.05) is 19.8 Å². The van der Waals surface area contributed by atoms with Crippen molar-refractivity contribution >= 4 is 10.9 Å². The molecule has 1 fully saturated rings. The first-order valence-corrected chi connectivity index (χ1v) is 11.9. The average molecular weight is 455 g/mol. The Morgan fingerprint density at radius 2 is 2.18 bits per heavy atom. The lowest BCUT2D eigenvalue weighted by atomic mass is 10.0. The van der Waals surface area contributed by atoms with Gasteiger partial charge in [-0.3, -0.25) is 9.69 Å². The van der Waals surface area contributed by atoms with Gasteiger partial charge in [0.05, 0.1) is 24.2 Å². The molecule has 2 aromatic heterocycles. The number of hydrogen-bond donors (Lipinski definition) is 2. The quantitative estimate of drug-likeness (QED) is 0.485. The lowest BCUT2D eigenvalue weighted by Gasteiger charge is -2.30. The normalized spacial score (nSPS) is 17.3. The van der Waals surface area contributed by atoms with E-state index in [0.29, 0.717) is 31.6 Å². The van der Waals surface area contributed by atoms with Crippen LogP contribution >= 0.6 is 0 Å². The van der Waals surface area contributed by atoms with Crippen molar-refractivity contribution in [1.82, 2.24) is 30.1 Å². The predicted molar refractivity (Wildman–Crippen MR) is 126 cm³/mol. The molecule has 0 bridgehead atoms. The Kier molecular flexibility index (Phi) is 7.52. The number of fused-ring (bicyclic) bond motifs is 1. The highest BCUT2D eigenvalue weighted by atomic mass is 16.5. The van der Waals surface area contributed by atoms with Crippen LogP contribution in [0.2, 0.25) is 0 Å². The Bertz CT molecular complexity index is 1130. The van der Waals surface area contributed by atoms with E-state index in [-0.39, 0.29) is 24.3 Å². The molecule has 1 aliphatic heterocycles. The van der Waals surface area contributed by atoms with Crippen molar-refractivity contribution in [3.63, 3.8) is 0 Å². The Morgan fingerprint density at radius 3 is 2.91 bits per heavy atom. The Morgan fingerprint density at radius 1 is 1.33 bits per heavy atom. The number of aliphatic hydroxyl groups excluding tert-OH is 1. The molecule has 3 aromatic rings. The first kappa shape index (κ1) is 23.5. The molecule has 0 unspecified atom stereocenters. The molecule has 33 heavy (non-hydrogen) atoms. The number of aryl methyl sites for hydroxylation is 2. The van der Waals surface area contributed by atoms with E-state index in [0.717, 1.165) is 53.7 Å². The molecule has 178 valence electrons. The third-order valence-corrected chi connectivity index (χ3v) is 6.43. The van der Waals surface area contributed by atoms with Crippen LogP contribution in [-0.2, 0) is 17.8 Å². The maximum atomic E-state index is 13.0. The Labute approximate surface area is 193 Å². The zero-order valence-electron chi connectivity index (χ0n) is 19.8. The molecule has 0 saturated carbocycles. The summed E-state index contributed by atoms with van der Waals surface area (Å²) < 4.78 is 7.62. The SMILES string of the molecule is CC[C@@H](c1nnnn1C[C@@H]1CCCO1)N(CCCO)Cc1cc2cc(C)cc(C)c2[nH]c1=O. The van der Waals surface area contributed by atoms with Gasteiger partial charge in [0.25, 0.3) is 5.56 Å². The molecule has 2 atom stereocenters. The standard InChI is InChI=1S/C24H34N6O3/c1-4-21(23-26-27-28-30(23)15-20-7-5-10-33-20)29(8-6-9-31)14-19-13-18-12-16(2)11-17(3)22(18)25-24(19)32/h11-13,20-21,31H,4-10,14-15H2,1-3H3,(H,25,32)/t20-,21-/m0/s1. The number of aromatic amines is 1. The summed E-state index contributed by atoms with van der Waals surface area (Å²) in [6.45, 7) is 8.74. The van der Waals surface area contributed by atoms with E-state index in [1.165, 1.54) is 0 Å². The highest BCUT2D eigenvalue weighted by Crippen LogP contribution is 2.26. The molecule has 2 N–H and O–H groups in total. The number of aromatic nitrogens is 5. The summed E-state index contributed by atoms with van der Waals surface area (Å²) in [6, 6.07) is 6.08. The number of nitrogens with one attached hydrogen (secondary N) is 1. The van der Waals surface area contributed by atoms with Crippen molar-refractivity contribution < 1.29 is 9.84 Å². The molecular weight excluding hydrogens is 420 g/mol. The summed E-state index contributed by atoms with van der Waals surface area (Å²) in [4.78, 5) is 18.3. The molecule has 9 heteroatoms. The minimum atomic E-state index is -0.0859. The van der Waals surface area contributed by atoms with E-state index < -0.39 is 0 Å². The van der Waals surface area contributed by atoms with Gasteiger partial charge in [-0.05, 0) is 73.0 Å². The van der Waals surface area contributed by atoms with E-state index in [2.05, 4.69) is 51.4 Å². The largest absolute Gasteiger partial charge is 0.396 e. The van der Waals surface area contributed by atoms with Crippen LogP contribution in [0.3, 0.4) is 0 Å². The fraction of sp³-hybridized carbons (Fsp3) is 0.583. The molecule has 1 aromatic carbocycles. The van der Waals surface area contributed by atoms with Gasteiger partial charge in [-0.2, -0.15) is 0 Å². The van der Waals surface area contributed by atoms with E-state index in [4.69, 9.17) is 4.74 Å². The molecule has 0 aliphatic carbocycles. The summed E-state index contributed by atoms with van der Waals surface area (Å²) in [5, 5.41) is 23.1. The van der Waals surface area contributed by atoms with Gasteiger partial charge in [-0.15, -0.1) is 5.10 Å². The molecule has 9 nitrogen and oxygen atoms in total. The zero-order valence-corrected chi connectivity index (χ0v) is 19.8. The van der Waals surface area contributed by atoms with Crippen LogP contribution in [0.15, 0.2) is 23.0 Å². The van der Waals surface area contributed by atoms with Crippen molar-refractivity contribution in [1.29, 1.82) is 0 Å². The fourth-order valence-electron chi connectivity index (χ4n) is 4.85. The van der Waals surface area contributed by atoms with Crippen LogP contribution in [0.1, 0.15) is 61.2 Å². The number of pyridine rings is 1. The maximum absolute atomic E-state index is 13.0. The summed E-state index contributed by atoms with van der Waals surface area (Å²) in [6.07, 6.45) is 3.58. The van der Waals surface area contributed by atoms with E-state index >= 15 is 0 Å². The number of H-pyrrole nitrogens is 1. The predicted octanol–water partition coefficient (Wildman–Crippen LogP) is 2.65. The van der Waals surface area contributed by atoms with Crippen molar-refractivity contribution in [3.05, 3.63) is 51.1 Å². The van der Waals surface area contributed by atoms with Gasteiger partial charge in [-0.1, -0.05) is 18.6 Å². The van der Waals surface area contributed by atoms with Crippen LogP contribution in [-0.4, -0.2) is 61.1 Å².